The van der Waals surface area contributed by atoms with Gasteiger partial charge < -0.3 is 14.8 Å². The van der Waals surface area contributed by atoms with Crippen LogP contribution in [0.15, 0.2) is 66.7 Å². The van der Waals surface area contributed by atoms with Gasteiger partial charge in [0.1, 0.15) is 12.4 Å². The van der Waals surface area contributed by atoms with Crippen molar-refractivity contribution < 1.29 is 13.9 Å². The average Bonchev–Trinajstić information content (AvgIpc) is 2.67. The summed E-state index contributed by atoms with van der Waals surface area (Å²) in [4.78, 5) is 0. The van der Waals surface area contributed by atoms with E-state index in [4.69, 9.17) is 21.1 Å². The maximum atomic E-state index is 13.0. The zero-order valence-electron chi connectivity index (χ0n) is 14.3. The average molecular weight is 372 g/mol. The molecule has 0 spiro atoms. The van der Waals surface area contributed by atoms with Crippen LogP contribution >= 0.6 is 11.6 Å². The van der Waals surface area contributed by atoms with Gasteiger partial charge in [0.2, 0.25) is 0 Å². The minimum absolute atomic E-state index is 0.273. The fourth-order valence-corrected chi connectivity index (χ4v) is 2.70. The molecule has 0 saturated carbocycles. The Morgan fingerprint density at radius 3 is 2.38 bits per heavy atom. The van der Waals surface area contributed by atoms with Crippen molar-refractivity contribution in [3.8, 4) is 11.5 Å². The van der Waals surface area contributed by atoms with Gasteiger partial charge in [-0.1, -0.05) is 41.9 Å². The summed E-state index contributed by atoms with van der Waals surface area (Å²) in [7, 11) is 1.59. The maximum absolute atomic E-state index is 13.0. The Morgan fingerprint density at radius 1 is 0.962 bits per heavy atom. The highest BCUT2D eigenvalue weighted by Gasteiger charge is 2.11. The number of nitrogens with one attached hydrogen (secondary N) is 1. The quantitative estimate of drug-likeness (QED) is 0.579. The van der Waals surface area contributed by atoms with Crippen LogP contribution in [-0.2, 0) is 13.2 Å². The van der Waals surface area contributed by atoms with E-state index in [1.807, 2.05) is 36.4 Å². The summed E-state index contributed by atoms with van der Waals surface area (Å²) in [5.74, 6) is 0.872. The summed E-state index contributed by atoms with van der Waals surface area (Å²) in [6.07, 6.45) is 0. The molecule has 0 fully saturated rings. The number of hydrogen-bond acceptors (Lipinski definition) is 3. The Balaban J connectivity index is 1.70. The number of methoxy groups -OCH3 is 1. The van der Waals surface area contributed by atoms with Gasteiger partial charge in [0, 0.05) is 23.3 Å². The van der Waals surface area contributed by atoms with Crippen LogP contribution < -0.4 is 14.8 Å². The van der Waals surface area contributed by atoms with Crippen LogP contribution in [0.1, 0.15) is 11.1 Å². The van der Waals surface area contributed by atoms with Crippen molar-refractivity contribution in [2.75, 3.05) is 12.4 Å². The Hall–Kier alpha value is -2.72. The van der Waals surface area contributed by atoms with Crippen molar-refractivity contribution in [2.45, 2.75) is 13.2 Å². The third kappa shape index (κ3) is 4.67. The van der Waals surface area contributed by atoms with E-state index in [1.165, 1.54) is 12.1 Å². The van der Waals surface area contributed by atoms with E-state index in [0.29, 0.717) is 29.7 Å². The number of rotatable bonds is 7. The minimum Gasteiger partial charge on any atom is -0.493 e. The fourth-order valence-electron chi connectivity index (χ4n) is 2.48. The molecule has 0 aromatic heterocycles. The van der Waals surface area contributed by atoms with Gasteiger partial charge in [0.15, 0.2) is 11.5 Å². The first-order valence-electron chi connectivity index (χ1n) is 8.18. The van der Waals surface area contributed by atoms with Crippen LogP contribution in [-0.4, -0.2) is 7.11 Å². The summed E-state index contributed by atoms with van der Waals surface area (Å²) in [5, 5.41) is 3.91. The van der Waals surface area contributed by atoms with Crippen molar-refractivity contribution in [3.05, 3.63) is 88.7 Å². The molecule has 3 aromatic carbocycles. The molecular formula is C21H19ClFNO2. The molecule has 0 atom stereocenters. The first kappa shape index (κ1) is 18.1. The van der Waals surface area contributed by atoms with Gasteiger partial charge in [-0.25, -0.2) is 4.39 Å². The fraction of sp³-hybridized carbons (Fsp3) is 0.143. The first-order valence-corrected chi connectivity index (χ1v) is 8.56. The molecule has 0 bridgehead atoms. The maximum Gasteiger partial charge on any atom is 0.163 e. The Kier molecular flexibility index (Phi) is 5.97. The number of anilines is 1. The predicted molar refractivity (Wildman–Crippen MR) is 103 cm³/mol. The monoisotopic (exact) mass is 371 g/mol. The lowest BCUT2D eigenvalue weighted by atomic mass is 10.2. The Morgan fingerprint density at radius 2 is 1.69 bits per heavy atom. The predicted octanol–water partition coefficient (Wildman–Crippen LogP) is 5.68. The Bertz CT molecular complexity index is 854. The van der Waals surface area contributed by atoms with Crippen molar-refractivity contribution in [1.82, 2.24) is 0 Å². The van der Waals surface area contributed by atoms with Crippen LogP contribution in [0.5, 0.6) is 11.5 Å². The summed E-state index contributed by atoms with van der Waals surface area (Å²) < 4.78 is 24.2. The second kappa shape index (κ2) is 8.59. The van der Waals surface area contributed by atoms with Crippen LogP contribution in [0.3, 0.4) is 0 Å². The zero-order valence-corrected chi connectivity index (χ0v) is 15.1. The molecular weight excluding hydrogens is 353 g/mol. The molecule has 0 aliphatic carbocycles. The molecule has 5 heteroatoms. The summed E-state index contributed by atoms with van der Waals surface area (Å²) >= 11 is 6.40. The molecule has 0 amide bonds. The number of para-hydroxylation sites is 1. The summed E-state index contributed by atoms with van der Waals surface area (Å²) in [5.41, 5.74) is 2.78. The SMILES string of the molecule is COc1cc(CNc2ccccc2)c(Cl)cc1OCc1ccc(F)cc1. The minimum atomic E-state index is -0.273. The topological polar surface area (TPSA) is 30.5 Å². The lowest BCUT2D eigenvalue weighted by Crippen LogP contribution is -2.03. The van der Waals surface area contributed by atoms with Gasteiger partial charge in [-0.2, -0.15) is 0 Å². The van der Waals surface area contributed by atoms with E-state index in [0.717, 1.165) is 16.8 Å². The second-order valence-electron chi connectivity index (χ2n) is 5.73. The molecule has 0 radical (unpaired) electrons. The zero-order chi connectivity index (χ0) is 18.4. The number of hydrogen-bond donors (Lipinski definition) is 1. The van der Waals surface area contributed by atoms with Gasteiger partial charge in [-0.3, -0.25) is 0 Å². The third-order valence-electron chi connectivity index (χ3n) is 3.90. The summed E-state index contributed by atoms with van der Waals surface area (Å²) in [6, 6.07) is 19.7. The van der Waals surface area contributed by atoms with Crippen molar-refractivity contribution >= 4 is 17.3 Å². The van der Waals surface area contributed by atoms with E-state index in [-0.39, 0.29) is 5.82 Å². The molecule has 3 rings (SSSR count). The molecule has 0 heterocycles. The Labute approximate surface area is 157 Å². The summed E-state index contributed by atoms with van der Waals surface area (Å²) in [6.45, 7) is 0.867. The largest absolute Gasteiger partial charge is 0.493 e. The van der Waals surface area contributed by atoms with E-state index in [2.05, 4.69) is 5.32 Å². The van der Waals surface area contributed by atoms with Gasteiger partial charge in [0.05, 0.1) is 7.11 Å². The molecule has 134 valence electrons. The lowest BCUT2D eigenvalue weighted by molar-refractivity contribution is 0.284. The van der Waals surface area contributed by atoms with E-state index >= 15 is 0 Å². The van der Waals surface area contributed by atoms with Crippen LogP contribution in [0.4, 0.5) is 10.1 Å². The molecule has 3 nitrogen and oxygen atoms in total. The second-order valence-corrected chi connectivity index (χ2v) is 6.14. The third-order valence-corrected chi connectivity index (χ3v) is 4.25. The van der Waals surface area contributed by atoms with Crippen molar-refractivity contribution in [2.24, 2.45) is 0 Å². The standard InChI is InChI=1S/C21H19ClFNO2/c1-25-20-11-16(13-24-18-5-3-2-4-6-18)19(22)12-21(20)26-14-15-7-9-17(23)10-8-15/h2-12,24H,13-14H2,1H3. The van der Waals surface area contributed by atoms with Gasteiger partial charge in [-0.15, -0.1) is 0 Å². The van der Waals surface area contributed by atoms with Crippen LogP contribution in [0.2, 0.25) is 5.02 Å². The number of ether oxygens (including phenoxy) is 2. The molecule has 0 saturated heterocycles. The molecule has 26 heavy (non-hydrogen) atoms. The number of halogens is 2. The van der Waals surface area contributed by atoms with Crippen molar-refractivity contribution in [1.29, 1.82) is 0 Å². The molecule has 3 aromatic rings. The smallest absolute Gasteiger partial charge is 0.163 e. The molecule has 0 aliphatic rings. The van der Waals surface area contributed by atoms with Gasteiger partial charge in [0.25, 0.3) is 0 Å². The molecule has 0 aliphatic heterocycles. The number of benzene rings is 3. The first-order chi connectivity index (χ1) is 12.7. The van der Waals surface area contributed by atoms with E-state index < -0.39 is 0 Å². The normalized spacial score (nSPS) is 10.4. The van der Waals surface area contributed by atoms with Crippen LogP contribution in [0.25, 0.3) is 0 Å². The lowest BCUT2D eigenvalue weighted by Gasteiger charge is -2.15. The molecule has 1 N–H and O–H groups in total. The van der Waals surface area contributed by atoms with E-state index in [9.17, 15) is 4.39 Å². The van der Waals surface area contributed by atoms with E-state index in [1.54, 1.807) is 25.3 Å². The van der Waals surface area contributed by atoms with Gasteiger partial charge in [-0.05, 0) is 41.5 Å². The van der Waals surface area contributed by atoms with Crippen molar-refractivity contribution in [3.63, 3.8) is 0 Å². The highest BCUT2D eigenvalue weighted by atomic mass is 35.5. The van der Waals surface area contributed by atoms with Gasteiger partial charge >= 0.3 is 0 Å². The highest BCUT2D eigenvalue weighted by Crippen LogP contribution is 2.34. The highest BCUT2D eigenvalue weighted by molar-refractivity contribution is 6.31. The molecule has 0 unspecified atom stereocenters. The van der Waals surface area contributed by atoms with Crippen LogP contribution in [0, 0.1) is 5.82 Å².